The topological polar surface area (TPSA) is 86.8 Å². The summed E-state index contributed by atoms with van der Waals surface area (Å²) in [5.41, 5.74) is 2.81. The molecular weight excluding hydrogens is 368 g/mol. The van der Waals surface area contributed by atoms with E-state index in [0.717, 1.165) is 18.2 Å². The van der Waals surface area contributed by atoms with Crippen LogP contribution in [-0.2, 0) is 19.6 Å². The molecule has 0 saturated heterocycles. The van der Waals surface area contributed by atoms with Gasteiger partial charge in [0.2, 0.25) is 0 Å². The summed E-state index contributed by atoms with van der Waals surface area (Å²) in [5, 5.41) is 20.9. The van der Waals surface area contributed by atoms with Crippen molar-refractivity contribution >= 4 is 16.9 Å². The number of para-hydroxylation sites is 1. The van der Waals surface area contributed by atoms with Gasteiger partial charge in [0.1, 0.15) is 17.1 Å². The fourth-order valence-corrected chi connectivity index (χ4v) is 3.52. The van der Waals surface area contributed by atoms with Crippen LogP contribution in [0.15, 0.2) is 34.9 Å². The number of amides is 1. The molecule has 0 aliphatic rings. The van der Waals surface area contributed by atoms with E-state index in [9.17, 15) is 15.0 Å². The van der Waals surface area contributed by atoms with Gasteiger partial charge in [0, 0.05) is 35.7 Å². The van der Waals surface area contributed by atoms with Crippen molar-refractivity contribution < 1.29 is 19.4 Å². The Hall–Kier alpha value is -2.86. The zero-order chi connectivity index (χ0) is 21.0. The van der Waals surface area contributed by atoms with E-state index in [-0.39, 0.29) is 24.8 Å². The van der Waals surface area contributed by atoms with Crippen molar-refractivity contribution in [1.29, 1.82) is 0 Å². The van der Waals surface area contributed by atoms with E-state index >= 15 is 0 Å². The molecule has 0 unspecified atom stereocenters. The number of aromatic hydroxyl groups is 1. The van der Waals surface area contributed by atoms with Crippen LogP contribution in [-0.4, -0.2) is 32.5 Å². The molecule has 0 radical (unpaired) electrons. The third-order valence-corrected chi connectivity index (χ3v) is 5.26. The lowest BCUT2D eigenvalue weighted by molar-refractivity contribution is 0.0749. The molecule has 0 fully saturated rings. The van der Waals surface area contributed by atoms with Gasteiger partial charge in [-0.25, -0.2) is 0 Å². The molecule has 6 heteroatoms. The molecule has 2 aromatic heterocycles. The largest absolute Gasteiger partial charge is 0.506 e. The number of hydrogen-bond donors (Lipinski definition) is 2. The van der Waals surface area contributed by atoms with Gasteiger partial charge in [-0.05, 0) is 26.3 Å². The minimum absolute atomic E-state index is 0.0195. The van der Waals surface area contributed by atoms with Crippen molar-refractivity contribution in [3.05, 3.63) is 58.6 Å². The van der Waals surface area contributed by atoms with Crippen LogP contribution < -0.4 is 0 Å². The number of hydrogen-bond acceptors (Lipinski definition) is 5. The van der Waals surface area contributed by atoms with Crippen molar-refractivity contribution in [2.75, 3.05) is 6.54 Å². The third-order valence-electron chi connectivity index (χ3n) is 5.26. The van der Waals surface area contributed by atoms with Gasteiger partial charge >= 0.3 is 0 Å². The summed E-state index contributed by atoms with van der Waals surface area (Å²) < 4.78 is 6.01. The molecule has 1 aromatic carbocycles. The third kappa shape index (κ3) is 4.12. The molecule has 29 heavy (non-hydrogen) atoms. The van der Waals surface area contributed by atoms with Crippen LogP contribution in [0.5, 0.6) is 5.75 Å². The summed E-state index contributed by atoms with van der Waals surface area (Å²) in [7, 11) is 0. The lowest BCUT2D eigenvalue weighted by atomic mass is 10.0. The molecule has 0 bridgehead atoms. The second-order valence-electron chi connectivity index (χ2n) is 7.17. The predicted octanol–water partition coefficient (Wildman–Crippen LogP) is 4.34. The van der Waals surface area contributed by atoms with E-state index in [0.29, 0.717) is 46.7 Å². The second-order valence-corrected chi connectivity index (χ2v) is 7.17. The highest BCUT2D eigenvalue weighted by Crippen LogP contribution is 2.30. The Morgan fingerprint density at radius 1 is 1.24 bits per heavy atom. The van der Waals surface area contributed by atoms with Crippen LogP contribution in [0, 0.1) is 6.92 Å². The maximum absolute atomic E-state index is 13.5. The maximum Gasteiger partial charge on any atom is 0.258 e. The molecule has 1 amide bonds. The average Bonchev–Trinajstić information content (AvgIpc) is 3.11. The Morgan fingerprint density at radius 2 is 2.00 bits per heavy atom. The fraction of sp³-hybridized carbons (Fsp3) is 0.391. The first-order valence-corrected chi connectivity index (χ1v) is 10.1. The lowest BCUT2D eigenvalue weighted by Crippen LogP contribution is -2.31. The number of aryl methyl sites for hydroxylation is 2. The summed E-state index contributed by atoms with van der Waals surface area (Å²) in [6, 6.07) is 7.57. The Morgan fingerprint density at radius 3 is 2.69 bits per heavy atom. The number of carbonyl (C=O) groups excluding carboxylic acids is 1. The zero-order valence-corrected chi connectivity index (χ0v) is 17.2. The number of unbranched alkanes of at least 4 members (excludes halogenated alkanes) is 1. The molecule has 3 rings (SSSR count). The van der Waals surface area contributed by atoms with E-state index in [1.165, 1.54) is 0 Å². The standard InChI is InChI=1S/C23H28N2O4/c1-4-6-10-20-21(17-9-7-8-11-19(17)29-20)23(28)25(5-2)13-18-16(14-26)12-24-15(3)22(18)27/h7-9,11-12,26-27H,4-6,10,13-14H2,1-3H3. The van der Waals surface area contributed by atoms with Gasteiger partial charge in [0.15, 0.2) is 0 Å². The number of aliphatic hydroxyl groups is 1. The van der Waals surface area contributed by atoms with Crippen LogP contribution in [0.25, 0.3) is 11.0 Å². The van der Waals surface area contributed by atoms with Crippen molar-refractivity contribution in [2.45, 2.75) is 53.2 Å². The number of benzene rings is 1. The molecule has 0 aliphatic heterocycles. The van der Waals surface area contributed by atoms with Crippen LogP contribution >= 0.6 is 0 Å². The zero-order valence-electron chi connectivity index (χ0n) is 17.2. The van der Waals surface area contributed by atoms with Gasteiger partial charge in [-0.1, -0.05) is 31.5 Å². The molecule has 154 valence electrons. The first-order chi connectivity index (χ1) is 14.0. The van der Waals surface area contributed by atoms with Gasteiger partial charge in [0.05, 0.1) is 24.4 Å². The molecule has 0 saturated carbocycles. The van der Waals surface area contributed by atoms with Crippen molar-refractivity contribution in [3.63, 3.8) is 0 Å². The highest BCUT2D eigenvalue weighted by atomic mass is 16.3. The molecule has 3 aromatic rings. The molecular formula is C23H28N2O4. The molecule has 2 N–H and O–H groups in total. The Balaban J connectivity index is 2.02. The van der Waals surface area contributed by atoms with Gasteiger partial charge < -0.3 is 19.5 Å². The summed E-state index contributed by atoms with van der Waals surface area (Å²) in [4.78, 5) is 19.3. The van der Waals surface area contributed by atoms with E-state index in [1.807, 2.05) is 31.2 Å². The lowest BCUT2D eigenvalue weighted by Gasteiger charge is -2.23. The second kappa shape index (κ2) is 9.09. The van der Waals surface area contributed by atoms with Gasteiger partial charge in [-0.2, -0.15) is 0 Å². The van der Waals surface area contributed by atoms with Crippen molar-refractivity contribution in [2.24, 2.45) is 0 Å². The first kappa shape index (κ1) is 20.9. The minimum Gasteiger partial charge on any atom is -0.506 e. The average molecular weight is 396 g/mol. The monoisotopic (exact) mass is 396 g/mol. The van der Waals surface area contributed by atoms with Crippen molar-refractivity contribution in [3.8, 4) is 5.75 Å². The van der Waals surface area contributed by atoms with E-state index in [2.05, 4.69) is 11.9 Å². The molecule has 0 atom stereocenters. The van der Waals surface area contributed by atoms with Crippen LogP contribution in [0.4, 0.5) is 0 Å². The number of furan rings is 1. The summed E-state index contributed by atoms with van der Waals surface area (Å²) in [6.45, 7) is 6.09. The molecule has 0 spiro atoms. The maximum atomic E-state index is 13.5. The van der Waals surface area contributed by atoms with Gasteiger partial charge in [-0.15, -0.1) is 0 Å². The number of carbonyl (C=O) groups is 1. The minimum atomic E-state index is -0.252. The highest BCUT2D eigenvalue weighted by Gasteiger charge is 2.26. The summed E-state index contributed by atoms with van der Waals surface area (Å²) >= 11 is 0. The molecule has 0 aliphatic carbocycles. The Labute approximate surface area is 170 Å². The van der Waals surface area contributed by atoms with Gasteiger partial charge in [0.25, 0.3) is 5.91 Å². The number of aliphatic hydroxyl groups excluding tert-OH is 1. The first-order valence-electron chi connectivity index (χ1n) is 10.1. The highest BCUT2D eigenvalue weighted by molar-refractivity contribution is 6.07. The van der Waals surface area contributed by atoms with E-state index in [4.69, 9.17) is 4.42 Å². The summed E-state index contributed by atoms with van der Waals surface area (Å²) in [6.07, 6.45) is 4.19. The predicted molar refractivity (Wildman–Crippen MR) is 112 cm³/mol. The smallest absolute Gasteiger partial charge is 0.258 e. The summed E-state index contributed by atoms with van der Waals surface area (Å²) in [5.74, 6) is 0.585. The quantitative estimate of drug-likeness (QED) is 0.591. The SMILES string of the molecule is CCCCc1oc2ccccc2c1C(=O)N(CC)Cc1c(CO)cnc(C)c1O. The number of fused-ring (bicyclic) bond motifs is 1. The van der Waals surface area contributed by atoms with Crippen LogP contribution in [0.3, 0.4) is 0 Å². The molecule has 6 nitrogen and oxygen atoms in total. The fourth-order valence-electron chi connectivity index (χ4n) is 3.52. The van der Waals surface area contributed by atoms with Crippen LogP contribution in [0.1, 0.15) is 59.6 Å². The normalized spacial score (nSPS) is 11.2. The van der Waals surface area contributed by atoms with Crippen LogP contribution in [0.2, 0.25) is 0 Å². The van der Waals surface area contributed by atoms with E-state index < -0.39 is 0 Å². The van der Waals surface area contributed by atoms with Gasteiger partial charge in [-0.3, -0.25) is 9.78 Å². The van der Waals surface area contributed by atoms with E-state index in [1.54, 1.807) is 18.0 Å². The number of nitrogens with zero attached hydrogens (tertiary/aromatic N) is 2. The number of aromatic nitrogens is 1. The Kier molecular flexibility index (Phi) is 6.54. The number of rotatable bonds is 8. The molecule has 2 heterocycles. The van der Waals surface area contributed by atoms with Crippen molar-refractivity contribution in [1.82, 2.24) is 9.88 Å². The number of pyridine rings is 1. The Bertz CT molecular complexity index is 1010.